The van der Waals surface area contributed by atoms with Crippen LogP contribution in [0.15, 0.2) is 0 Å². The molecule has 112 valence electrons. The molecule has 0 spiro atoms. The fraction of sp³-hybridized carbons (Fsp3) is 0.933. The third-order valence-corrected chi connectivity index (χ3v) is 4.14. The van der Waals surface area contributed by atoms with Gasteiger partial charge in [-0.1, -0.05) is 6.92 Å². The highest BCUT2D eigenvalue weighted by atomic mass is 16.2. The van der Waals surface area contributed by atoms with Crippen LogP contribution >= 0.6 is 0 Å². The van der Waals surface area contributed by atoms with E-state index in [0.717, 1.165) is 25.4 Å². The Kier molecular flexibility index (Phi) is 7.39. The molecule has 0 aromatic heterocycles. The van der Waals surface area contributed by atoms with Crippen LogP contribution in [0, 0.1) is 5.92 Å². The van der Waals surface area contributed by atoms with E-state index in [1.54, 1.807) is 4.90 Å². The summed E-state index contributed by atoms with van der Waals surface area (Å²) >= 11 is 0. The molecule has 1 saturated heterocycles. The highest BCUT2D eigenvalue weighted by molar-refractivity contribution is 5.75. The van der Waals surface area contributed by atoms with Gasteiger partial charge in [-0.2, -0.15) is 0 Å². The first-order valence-electron chi connectivity index (χ1n) is 7.70. The molecule has 19 heavy (non-hydrogen) atoms. The Hall–Kier alpha value is -0.610. The molecule has 1 heterocycles. The van der Waals surface area contributed by atoms with E-state index in [1.165, 1.54) is 25.9 Å². The Labute approximate surface area is 118 Å². The second kappa shape index (κ2) is 8.54. The Morgan fingerprint density at radius 2 is 2.21 bits per heavy atom. The Morgan fingerprint density at radius 1 is 1.47 bits per heavy atom. The van der Waals surface area contributed by atoms with Gasteiger partial charge in [-0.25, -0.2) is 0 Å². The smallest absolute Gasteiger partial charge is 0.222 e. The van der Waals surface area contributed by atoms with Gasteiger partial charge in [-0.05, 0) is 51.7 Å². The third kappa shape index (κ3) is 5.91. The van der Waals surface area contributed by atoms with Crippen LogP contribution in [0.2, 0.25) is 0 Å². The highest BCUT2D eigenvalue weighted by Crippen LogP contribution is 2.20. The van der Waals surface area contributed by atoms with Gasteiger partial charge in [-0.3, -0.25) is 4.79 Å². The molecule has 1 N–H and O–H groups in total. The van der Waals surface area contributed by atoms with Crippen molar-refractivity contribution in [3.63, 3.8) is 0 Å². The number of nitrogens with zero attached hydrogens (tertiary/aromatic N) is 2. The second-order valence-electron chi connectivity index (χ2n) is 5.94. The van der Waals surface area contributed by atoms with Crippen molar-refractivity contribution in [2.45, 2.75) is 45.6 Å². The molecule has 0 saturated carbocycles. The zero-order valence-electron chi connectivity index (χ0n) is 13.1. The first kappa shape index (κ1) is 16.4. The first-order chi connectivity index (χ1) is 9.04. The van der Waals surface area contributed by atoms with Gasteiger partial charge in [-0.15, -0.1) is 0 Å². The van der Waals surface area contributed by atoms with E-state index < -0.39 is 0 Å². The minimum Gasteiger partial charge on any atom is -0.349 e. The van der Waals surface area contributed by atoms with E-state index in [-0.39, 0.29) is 5.91 Å². The van der Waals surface area contributed by atoms with Crippen LogP contribution in [0.3, 0.4) is 0 Å². The zero-order valence-corrected chi connectivity index (χ0v) is 13.1. The topological polar surface area (TPSA) is 35.6 Å². The number of hydrogen-bond donors (Lipinski definition) is 1. The molecule has 1 aliphatic rings. The predicted molar refractivity (Wildman–Crippen MR) is 80.2 cm³/mol. The molecule has 4 nitrogen and oxygen atoms in total. The number of nitrogens with one attached hydrogen (secondary N) is 1. The van der Waals surface area contributed by atoms with Crippen LogP contribution in [0.25, 0.3) is 0 Å². The van der Waals surface area contributed by atoms with Crippen LogP contribution in [0.4, 0.5) is 0 Å². The lowest BCUT2D eigenvalue weighted by atomic mass is 9.91. The van der Waals surface area contributed by atoms with Crippen molar-refractivity contribution in [2.24, 2.45) is 5.92 Å². The fourth-order valence-electron chi connectivity index (χ4n) is 2.87. The summed E-state index contributed by atoms with van der Waals surface area (Å²) in [6, 6.07) is 0.608. The van der Waals surface area contributed by atoms with Gasteiger partial charge in [0, 0.05) is 33.1 Å². The van der Waals surface area contributed by atoms with E-state index in [1.807, 2.05) is 14.1 Å². The maximum Gasteiger partial charge on any atom is 0.222 e. The number of amides is 1. The quantitative estimate of drug-likeness (QED) is 0.762. The molecule has 0 aromatic rings. The monoisotopic (exact) mass is 269 g/mol. The van der Waals surface area contributed by atoms with Crippen molar-refractivity contribution >= 4 is 5.91 Å². The highest BCUT2D eigenvalue weighted by Gasteiger charge is 2.23. The first-order valence-corrected chi connectivity index (χ1v) is 7.70. The molecule has 0 bridgehead atoms. The van der Waals surface area contributed by atoms with Crippen molar-refractivity contribution in [3.8, 4) is 0 Å². The third-order valence-electron chi connectivity index (χ3n) is 4.14. The molecular weight excluding hydrogens is 238 g/mol. The lowest BCUT2D eigenvalue weighted by molar-refractivity contribution is -0.128. The van der Waals surface area contributed by atoms with E-state index in [9.17, 15) is 4.79 Å². The number of likely N-dealkylation sites (tertiary alicyclic amines) is 1. The second-order valence-corrected chi connectivity index (χ2v) is 5.94. The minimum absolute atomic E-state index is 0.245. The van der Waals surface area contributed by atoms with E-state index in [4.69, 9.17) is 0 Å². The Morgan fingerprint density at radius 3 is 2.84 bits per heavy atom. The van der Waals surface area contributed by atoms with Gasteiger partial charge in [0.25, 0.3) is 0 Å². The number of carbonyl (C=O) groups is 1. The van der Waals surface area contributed by atoms with Gasteiger partial charge in [0.1, 0.15) is 0 Å². The molecule has 0 aliphatic carbocycles. The zero-order chi connectivity index (χ0) is 14.3. The van der Waals surface area contributed by atoms with Crippen molar-refractivity contribution in [3.05, 3.63) is 0 Å². The molecule has 1 aliphatic heterocycles. The molecular formula is C15H31N3O. The summed E-state index contributed by atoms with van der Waals surface area (Å²) in [5.74, 6) is 1.01. The average molecular weight is 269 g/mol. The molecule has 1 rings (SSSR count). The summed E-state index contributed by atoms with van der Waals surface area (Å²) in [7, 11) is 3.66. The average Bonchev–Trinajstić information content (AvgIpc) is 2.39. The van der Waals surface area contributed by atoms with Gasteiger partial charge in [0.15, 0.2) is 0 Å². The van der Waals surface area contributed by atoms with Crippen molar-refractivity contribution in [2.75, 3.05) is 40.3 Å². The minimum atomic E-state index is 0.245. The SMILES string of the molecule is CCNC(C)C1CCCN(CCCC(=O)N(C)C)C1. The maximum atomic E-state index is 11.5. The Balaban J connectivity index is 2.25. The summed E-state index contributed by atoms with van der Waals surface area (Å²) in [5, 5.41) is 3.54. The van der Waals surface area contributed by atoms with E-state index >= 15 is 0 Å². The van der Waals surface area contributed by atoms with Crippen LogP contribution < -0.4 is 5.32 Å². The molecule has 4 heteroatoms. The standard InChI is InChI=1S/C15H31N3O/c1-5-16-13(2)14-8-6-10-18(12-14)11-7-9-15(19)17(3)4/h13-14,16H,5-12H2,1-4H3. The van der Waals surface area contributed by atoms with Gasteiger partial charge in [0.2, 0.25) is 5.91 Å². The number of carbonyl (C=O) groups excluding carboxylic acids is 1. The van der Waals surface area contributed by atoms with Crippen LogP contribution in [0.5, 0.6) is 0 Å². The van der Waals surface area contributed by atoms with Gasteiger partial charge >= 0.3 is 0 Å². The van der Waals surface area contributed by atoms with Crippen molar-refractivity contribution in [1.29, 1.82) is 0 Å². The van der Waals surface area contributed by atoms with Crippen molar-refractivity contribution < 1.29 is 4.79 Å². The van der Waals surface area contributed by atoms with E-state index in [0.29, 0.717) is 12.5 Å². The molecule has 1 amide bonds. The van der Waals surface area contributed by atoms with Crippen LogP contribution in [0.1, 0.15) is 39.5 Å². The lowest BCUT2D eigenvalue weighted by Crippen LogP contribution is -2.44. The normalized spacial score (nSPS) is 22.2. The van der Waals surface area contributed by atoms with E-state index in [2.05, 4.69) is 24.1 Å². The molecule has 0 radical (unpaired) electrons. The summed E-state index contributed by atoms with van der Waals surface area (Å²) in [6.45, 7) is 8.97. The number of rotatable bonds is 7. The van der Waals surface area contributed by atoms with Gasteiger partial charge in [0.05, 0.1) is 0 Å². The summed E-state index contributed by atoms with van der Waals surface area (Å²) < 4.78 is 0. The summed E-state index contributed by atoms with van der Waals surface area (Å²) in [6.07, 6.45) is 4.29. The number of hydrogen-bond acceptors (Lipinski definition) is 3. The molecule has 2 atom stereocenters. The van der Waals surface area contributed by atoms with Gasteiger partial charge < -0.3 is 15.1 Å². The van der Waals surface area contributed by atoms with Crippen molar-refractivity contribution in [1.82, 2.24) is 15.1 Å². The fourth-order valence-corrected chi connectivity index (χ4v) is 2.87. The molecule has 2 unspecified atom stereocenters. The maximum absolute atomic E-state index is 11.5. The Bertz CT molecular complexity index is 268. The van der Waals surface area contributed by atoms with Crippen LogP contribution in [-0.4, -0.2) is 62.0 Å². The molecule has 0 aromatic carbocycles. The predicted octanol–water partition coefficient (Wildman–Crippen LogP) is 1.56. The molecule has 1 fully saturated rings. The summed E-state index contributed by atoms with van der Waals surface area (Å²) in [5.41, 5.74) is 0. The lowest BCUT2D eigenvalue weighted by Gasteiger charge is -2.36. The summed E-state index contributed by atoms with van der Waals surface area (Å²) in [4.78, 5) is 15.8. The number of piperidine rings is 1. The van der Waals surface area contributed by atoms with Crippen LogP contribution in [-0.2, 0) is 4.79 Å². The largest absolute Gasteiger partial charge is 0.349 e.